The van der Waals surface area contributed by atoms with Gasteiger partial charge < -0.3 is 29.0 Å². The summed E-state index contributed by atoms with van der Waals surface area (Å²) in [6, 6.07) is 28.6. The van der Waals surface area contributed by atoms with Crippen LogP contribution in [0.15, 0.2) is 111 Å². The van der Waals surface area contributed by atoms with E-state index < -0.39 is 20.2 Å². The molecule has 0 radical (unpaired) electrons. The SMILES string of the molecule is CC(C)(C)[Si](C)(C)O[C@@H](CNCc1ccc2c(c1)oc(=O)n2CCC/C=C/c1ccc(-c2ccccc2)c(NC(=O)O[C@H]2CN3CCC2CC3)c1)c1ccc(O)c2[nH]c(=O)ccc12. The molecule has 1 amide bonds. The van der Waals surface area contributed by atoms with E-state index in [2.05, 4.69) is 60.5 Å². The molecule has 3 fully saturated rings. The number of fused-ring (bicyclic) bond motifs is 5. The molecule has 4 aromatic carbocycles. The van der Waals surface area contributed by atoms with Crippen molar-refractivity contribution in [3.05, 3.63) is 135 Å². The minimum absolute atomic E-state index is 0.0102. The van der Waals surface area contributed by atoms with Crippen molar-refractivity contribution in [3.63, 3.8) is 0 Å². The summed E-state index contributed by atoms with van der Waals surface area (Å²) in [4.78, 5) is 43.6. The van der Waals surface area contributed by atoms with Gasteiger partial charge in [0.25, 0.3) is 0 Å². The number of phenolic OH excluding ortho intramolecular Hbond substituents is 1. The van der Waals surface area contributed by atoms with E-state index in [0.717, 1.165) is 84.0 Å². The lowest BCUT2D eigenvalue weighted by molar-refractivity contribution is -0.0289. The molecule has 4 N–H and O–H groups in total. The zero-order valence-corrected chi connectivity index (χ0v) is 37.9. The van der Waals surface area contributed by atoms with Crippen LogP contribution in [0.5, 0.6) is 5.75 Å². The summed E-state index contributed by atoms with van der Waals surface area (Å²) in [6.07, 6.45) is 6.88. The van der Waals surface area contributed by atoms with Gasteiger partial charge in [0, 0.05) is 43.2 Å². The van der Waals surface area contributed by atoms with Gasteiger partial charge in [-0.25, -0.2) is 9.59 Å². The molecule has 13 heteroatoms. The maximum absolute atomic E-state index is 13.2. The number of H-pyrrole nitrogens is 1. The zero-order chi connectivity index (χ0) is 44.3. The number of unbranched alkanes of at least 4 members (excludes halogenated alkanes) is 1. The third kappa shape index (κ3) is 10.1. The van der Waals surface area contributed by atoms with Crippen molar-refractivity contribution in [3.8, 4) is 16.9 Å². The van der Waals surface area contributed by atoms with Crippen molar-refractivity contribution in [2.75, 3.05) is 31.5 Å². The third-order valence-electron chi connectivity index (χ3n) is 13.2. The highest BCUT2D eigenvalue weighted by Crippen LogP contribution is 2.41. The van der Waals surface area contributed by atoms with Gasteiger partial charge in [0.2, 0.25) is 5.56 Å². The first kappa shape index (κ1) is 43.9. The standard InChI is InChI=1S/C50H59N5O7Si/c1-50(2,3)63(4,5)62-44(38-18-21-42(56)47-39(38)19-22-46(57)53-47)31-51-30-34-16-20-41-43(29-34)61-49(59)55(41)25-11-7-8-12-33-15-17-37(35-13-9-6-10-14-35)40(28-33)52-48(58)60-45-32-54-26-23-36(45)24-27-54/h6,8-10,12-22,28-29,36,44-45,51,56H,7,11,23-27,30-32H2,1-5H3,(H,52,58)(H,53,57)/b12-8+/t44-,45-/m0/s1. The first-order chi connectivity index (χ1) is 30.2. The quantitative estimate of drug-likeness (QED) is 0.0584. The number of hydrogen-bond acceptors (Lipinski definition) is 9. The molecule has 0 saturated carbocycles. The largest absolute Gasteiger partial charge is 0.506 e. The number of pyridine rings is 1. The molecule has 3 saturated heterocycles. The van der Waals surface area contributed by atoms with Crippen LogP contribution in [0.3, 0.4) is 0 Å². The van der Waals surface area contributed by atoms with Crippen molar-refractivity contribution in [2.45, 2.75) is 89.9 Å². The summed E-state index contributed by atoms with van der Waals surface area (Å²) >= 11 is 0. The van der Waals surface area contributed by atoms with Crippen molar-refractivity contribution in [1.29, 1.82) is 0 Å². The molecular formula is C50H59N5O7Si. The molecule has 63 heavy (non-hydrogen) atoms. The molecule has 3 aliphatic rings. The maximum Gasteiger partial charge on any atom is 0.419 e. The Kier molecular flexibility index (Phi) is 12.9. The number of phenols is 1. The van der Waals surface area contributed by atoms with E-state index in [4.69, 9.17) is 13.6 Å². The lowest BCUT2D eigenvalue weighted by Crippen LogP contribution is -2.52. The van der Waals surface area contributed by atoms with Crippen LogP contribution in [-0.2, 0) is 22.3 Å². The number of ether oxygens (including phenoxy) is 1. The third-order valence-corrected chi connectivity index (χ3v) is 17.7. The van der Waals surface area contributed by atoms with E-state index in [1.807, 2.05) is 78.9 Å². The van der Waals surface area contributed by atoms with E-state index in [1.165, 1.54) is 6.07 Å². The Hall–Kier alpha value is -5.73. The Morgan fingerprint density at radius 1 is 1.00 bits per heavy atom. The lowest BCUT2D eigenvalue weighted by Gasteiger charge is -2.43. The van der Waals surface area contributed by atoms with Crippen molar-refractivity contribution in [1.82, 2.24) is 19.8 Å². The molecule has 6 aromatic rings. The van der Waals surface area contributed by atoms with E-state index in [9.17, 15) is 19.5 Å². The highest BCUT2D eigenvalue weighted by Gasteiger charge is 2.40. The van der Waals surface area contributed by atoms with Gasteiger partial charge in [0.05, 0.1) is 22.8 Å². The Balaban J connectivity index is 0.899. The molecule has 2 bridgehead atoms. The lowest BCUT2D eigenvalue weighted by atomic mass is 9.86. The number of nitrogens with zero attached hydrogens (tertiary/aromatic N) is 2. The number of allylic oxidation sites excluding steroid dienone is 1. The van der Waals surface area contributed by atoms with Crippen molar-refractivity contribution >= 4 is 48.2 Å². The number of anilines is 1. The number of carbonyl (C=O) groups is 1. The van der Waals surface area contributed by atoms with Crippen LogP contribution in [0.25, 0.3) is 39.2 Å². The van der Waals surface area contributed by atoms with E-state index in [-0.39, 0.29) is 28.6 Å². The Morgan fingerprint density at radius 3 is 2.54 bits per heavy atom. The molecule has 2 atom stereocenters. The fourth-order valence-electron chi connectivity index (χ4n) is 8.61. The van der Waals surface area contributed by atoms with Crippen LogP contribution < -0.4 is 21.9 Å². The molecule has 12 nitrogen and oxygen atoms in total. The van der Waals surface area contributed by atoms with E-state index in [0.29, 0.717) is 42.3 Å². The number of aromatic amines is 1. The molecule has 0 aliphatic carbocycles. The van der Waals surface area contributed by atoms with Gasteiger partial charge in [-0.3, -0.25) is 19.6 Å². The predicted octanol–water partition coefficient (Wildman–Crippen LogP) is 9.80. The molecule has 3 aliphatic heterocycles. The number of carbonyl (C=O) groups excluding carboxylic acids is 1. The molecule has 9 rings (SSSR count). The van der Waals surface area contributed by atoms with Gasteiger partial charge in [-0.05, 0) is 115 Å². The Morgan fingerprint density at radius 2 is 1.79 bits per heavy atom. The molecule has 0 unspecified atom stereocenters. The van der Waals surface area contributed by atoms with Crippen LogP contribution in [0.1, 0.15) is 69.2 Å². The number of benzene rings is 4. The van der Waals surface area contributed by atoms with Gasteiger partial charge in [0.15, 0.2) is 13.9 Å². The molecular weight excluding hydrogens is 811 g/mol. The van der Waals surface area contributed by atoms with E-state index in [1.54, 1.807) is 16.7 Å². The summed E-state index contributed by atoms with van der Waals surface area (Å²) < 4.78 is 20.3. The monoisotopic (exact) mass is 869 g/mol. The second-order valence-electron chi connectivity index (χ2n) is 18.5. The molecule has 5 heterocycles. The highest BCUT2D eigenvalue weighted by atomic mass is 28.4. The molecule has 2 aromatic heterocycles. The van der Waals surface area contributed by atoms with Crippen molar-refractivity contribution < 1.29 is 23.5 Å². The minimum Gasteiger partial charge on any atom is -0.506 e. The summed E-state index contributed by atoms with van der Waals surface area (Å²) in [5.41, 5.74) is 6.79. The first-order valence-electron chi connectivity index (χ1n) is 22.1. The normalized spacial score (nSPS) is 18.3. The van der Waals surface area contributed by atoms with Gasteiger partial charge >= 0.3 is 11.8 Å². The smallest absolute Gasteiger partial charge is 0.419 e. The zero-order valence-electron chi connectivity index (χ0n) is 36.9. The first-order valence-corrected chi connectivity index (χ1v) is 25.0. The number of aryl methyl sites for hydroxylation is 1. The fourth-order valence-corrected chi connectivity index (χ4v) is 9.89. The number of aromatic nitrogens is 2. The number of hydrogen-bond donors (Lipinski definition) is 4. The predicted molar refractivity (Wildman–Crippen MR) is 253 cm³/mol. The summed E-state index contributed by atoms with van der Waals surface area (Å²) in [5, 5.41) is 17.9. The number of piperidine rings is 3. The van der Waals surface area contributed by atoms with Crippen LogP contribution in [0.2, 0.25) is 18.1 Å². The second kappa shape index (κ2) is 18.5. The summed E-state index contributed by atoms with van der Waals surface area (Å²) in [6.45, 7) is 15.5. The Bertz CT molecular complexity index is 2730. The Labute approximate surface area is 369 Å². The minimum atomic E-state index is -2.25. The molecule has 0 spiro atoms. The number of rotatable bonds is 15. The maximum atomic E-state index is 13.2. The van der Waals surface area contributed by atoms with Gasteiger partial charge in [0.1, 0.15) is 11.9 Å². The fraction of sp³-hybridized carbons (Fsp3) is 0.380. The number of aromatic hydroxyl groups is 1. The van der Waals surface area contributed by atoms with Crippen LogP contribution in [-0.4, -0.2) is 66.3 Å². The van der Waals surface area contributed by atoms with Gasteiger partial charge in [-0.1, -0.05) is 87.5 Å². The van der Waals surface area contributed by atoms with Crippen LogP contribution >= 0.6 is 0 Å². The van der Waals surface area contributed by atoms with E-state index >= 15 is 0 Å². The van der Waals surface area contributed by atoms with Gasteiger partial charge in [-0.2, -0.15) is 0 Å². The summed E-state index contributed by atoms with van der Waals surface area (Å²) in [5.74, 6) is 0.0430. The van der Waals surface area contributed by atoms with Gasteiger partial charge in [-0.15, -0.1) is 0 Å². The highest BCUT2D eigenvalue weighted by molar-refractivity contribution is 6.74. The van der Waals surface area contributed by atoms with Crippen LogP contribution in [0.4, 0.5) is 10.5 Å². The number of amides is 1. The van der Waals surface area contributed by atoms with Crippen LogP contribution in [0, 0.1) is 5.92 Å². The van der Waals surface area contributed by atoms with Crippen molar-refractivity contribution in [2.24, 2.45) is 5.92 Å². The topological polar surface area (TPSA) is 151 Å². The number of oxazole rings is 1. The number of nitrogens with one attached hydrogen (secondary N) is 3. The molecule has 330 valence electrons. The second-order valence-corrected chi connectivity index (χ2v) is 23.3. The average molecular weight is 870 g/mol. The summed E-state index contributed by atoms with van der Waals surface area (Å²) in [7, 11) is -2.25. The average Bonchev–Trinajstić information content (AvgIpc) is 3.57.